The number of fused-ring (bicyclic) bond motifs is 1. The molecule has 1 fully saturated rings. The Hall–Kier alpha value is -2.18. The summed E-state index contributed by atoms with van der Waals surface area (Å²) in [7, 11) is 1.84. The number of rotatable bonds is 3. The van der Waals surface area contributed by atoms with Crippen molar-refractivity contribution in [3.8, 4) is 5.75 Å². The number of carboxylic acid groups (broad SMARTS) is 1. The Balaban J connectivity index is 1.78. The van der Waals surface area contributed by atoms with Gasteiger partial charge in [0.2, 0.25) is 0 Å². The molecule has 1 aliphatic rings. The average molecular weight is 301 g/mol. The molecular weight excluding hydrogens is 282 g/mol. The zero-order valence-electron chi connectivity index (χ0n) is 12.4. The standard InChI is InChI=1S/C16H19N3O3/c1-18-7-8-19(10-13(18)16(21)22)9-12-6-5-11-3-2-4-14(20)15(11)17-12/h2-6,13,20H,7-10H2,1H3,(H,21,22)/t13-/m0/s1. The van der Waals surface area contributed by atoms with Crippen molar-refractivity contribution in [3.05, 3.63) is 36.0 Å². The fraction of sp³-hybridized carbons (Fsp3) is 0.375. The SMILES string of the molecule is CN1CCN(Cc2ccc3cccc(O)c3n2)C[C@H]1C(=O)O. The van der Waals surface area contributed by atoms with Crippen molar-refractivity contribution in [2.24, 2.45) is 0 Å². The number of hydrogen-bond acceptors (Lipinski definition) is 5. The van der Waals surface area contributed by atoms with Gasteiger partial charge in [-0.2, -0.15) is 0 Å². The number of pyridine rings is 1. The molecule has 2 aromatic rings. The van der Waals surface area contributed by atoms with Crippen LogP contribution in [0.2, 0.25) is 0 Å². The highest BCUT2D eigenvalue weighted by molar-refractivity contribution is 5.84. The molecule has 0 spiro atoms. The number of aliphatic carboxylic acids is 1. The van der Waals surface area contributed by atoms with Gasteiger partial charge in [0.1, 0.15) is 17.3 Å². The second kappa shape index (κ2) is 5.90. The molecule has 0 bridgehead atoms. The minimum Gasteiger partial charge on any atom is -0.506 e. The fourth-order valence-corrected chi connectivity index (χ4v) is 2.83. The van der Waals surface area contributed by atoms with E-state index in [1.165, 1.54) is 0 Å². The lowest BCUT2D eigenvalue weighted by molar-refractivity contribution is -0.145. The molecule has 0 amide bonds. The molecular formula is C16H19N3O3. The number of benzene rings is 1. The Morgan fingerprint density at radius 2 is 2.14 bits per heavy atom. The lowest BCUT2D eigenvalue weighted by atomic mass is 10.1. The molecule has 0 radical (unpaired) electrons. The van der Waals surface area contributed by atoms with Gasteiger partial charge in [-0.1, -0.05) is 18.2 Å². The number of piperazine rings is 1. The highest BCUT2D eigenvalue weighted by atomic mass is 16.4. The Morgan fingerprint density at radius 3 is 2.91 bits per heavy atom. The topological polar surface area (TPSA) is 76.9 Å². The molecule has 1 atom stereocenters. The smallest absolute Gasteiger partial charge is 0.322 e. The summed E-state index contributed by atoms with van der Waals surface area (Å²) in [5.41, 5.74) is 1.42. The third kappa shape index (κ3) is 2.88. The summed E-state index contributed by atoms with van der Waals surface area (Å²) in [5, 5.41) is 20.0. The van der Waals surface area contributed by atoms with Crippen LogP contribution in [0.1, 0.15) is 5.69 Å². The highest BCUT2D eigenvalue weighted by Gasteiger charge is 2.29. The van der Waals surface area contributed by atoms with Crippen LogP contribution in [0.3, 0.4) is 0 Å². The monoisotopic (exact) mass is 301 g/mol. The average Bonchev–Trinajstić information content (AvgIpc) is 2.50. The summed E-state index contributed by atoms with van der Waals surface area (Å²) in [6.07, 6.45) is 0. The normalized spacial score (nSPS) is 20.3. The van der Waals surface area contributed by atoms with E-state index in [0.717, 1.165) is 24.2 Å². The lowest BCUT2D eigenvalue weighted by Gasteiger charge is -2.36. The molecule has 3 rings (SSSR count). The van der Waals surface area contributed by atoms with Gasteiger partial charge in [-0.25, -0.2) is 4.98 Å². The van der Waals surface area contributed by atoms with Gasteiger partial charge in [-0.05, 0) is 19.2 Å². The molecule has 1 aromatic heterocycles. The number of aromatic nitrogens is 1. The number of carboxylic acids is 1. The molecule has 1 aliphatic heterocycles. The van der Waals surface area contributed by atoms with Gasteiger partial charge in [0.05, 0.1) is 5.69 Å². The number of aromatic hydroxyl groups is 1. The predicted molar refractivity (Wildman–Crippen MR) is 82.7 cm³/mol. The minimum atomic E-state index is -0.795. The van der Waals surface area contributed by atoms with E-state index < -0.39 is 12.0 Å². The second-order valence-corrected chi connectivity index (χ2v) is 5.72. The van der Waals surface area contributed by atoms with Crippen LogP contribution in [0.4, 0.5) is 0 Å². The summed E-state index contributed by atoms with van der Waals surface area (Å²) in [6.45, 7) is 2.59. The largest absolute Gasteiger partial charge is 0.506 e. The molecule has 0 aliphatic carbocycles. The molecule has 0 unspecified atom stereocenters. The van der Waals surface area contributed by atoms with E-state index in [1.54, 1.807) is 12.1 Å². The summed E-state index contributed by atoms with van der Waals surface area (Å²) in [6, 6.07) is 8.69. The lowest BCUT2D eigenvalue weighted by Crippen LogP contribution is -2.54. The van der Waals surface area contributed by atoms with Crippen LogP contribution in [0.15, 0.2) is 30.3 Å². The number of para-hydroxylation sites is 1. The molecule has 6 nitrogen and oxygen atoms in total. The predicted octanol–water partition coefficient (Wildman–Crippen LogP) is 1.14. The first-order valence-electron chi connectivity index (χ1n) is 7.27. The summed E-state index contributed by atoms with van der Waals surface area (Å²) in [5.74, 6) is -0.627. The van der Waals surface area contributed by atoms with Crippen molar-refractivity contribution in [2.75, 3.05) is 26.7 Å². The molecule has 22 heavy (non-hydrogen) atoms. The van der Waals surface area contributed by atoms with Crippen LogP contribution in [0.25, 0.3) is 10.9 Å². The first kappa shape index (κ1) is 14.7. The third-order valence-electron chi connectivity index (χ3n) is 4.16. The van der Waals surface area contributed by atoms with Crippen molar-refractivity contribution >= 4 is 16.9 Å². The molecule has 2 N–H and O–H groups in total. The van der Waals surface area contributed by atoms with Gasteiger partial charge in [0.15, 0.2) is 0 Å². The zero-order valence-corrected chi connectivity index (χ0v) is 12.4. The number of phenols is 1. The molecule has 2 heterocycles. The van der Waals surface area contributed by atoms with Crippen LogP contribution >= 0.6 is 0 Å². The van der Waals surface area contributed by atoms with E-state index in [2.05, 4.69) is 9.88 Å². The van der Waals surface area contributed by atoms with Gasteiger partial charge in [-0.3, -0.25) is 14.6 Å². The fourth-order valence-electron chi connectivity index (χ4n) is 2.83. The molecule has 6 heteroatoms. The van der Waals surface area contributed by atoms with Gasteiger partial charge in [-0.15, -0.1) is 0 Å². The van der Waals surface area contributed by atoms with E-state index in [1.807, 2.05) is 30.1 Å². The van der Waals surface area contributed by atoms with Crippen LogP contribution < -0.4 is 0 Å². The first-order valence-corrected chi connectivity index (χ1v) is 7.27. The number of carbonyl (C=O) groups is 1. The summed E-state index contributed by atoms with van der Waals surface area (Å²) >= 11 is 0. The number of nitrogens with zero attached hydrogens (tertiary/aromatic N) is 3. The molecule has 0 saturated carbocycles. The molecule has 1 aromatic carbocycles. The molecule has 1 saturated heterocycles. The van der Waals surface area contributed by atoms with E-state index in [0.29, 0.717) is 18.6 Å². The van der Waals surface area contributed by atoms with Crippen LogP contribution in [0, 0.1) is 0 Å². The number of hydrogen-bond donors (Lipinski definition) is 2. The quantitative estimate of drug-likeness (QED) is 0.885. The Kier molecular flexibility index (Phi) is 3.96. The Bertz CT molecular complexity index is 704. The van der Waals surface area contributed by atoms with Gasteiger partial charge >= 0.3 is 5.97 Å². The van der Waals surface area contributed by atoms with E-state index in [4.69, 9.17) is 0 Å². The maximum absolute atomic E-state index is 11.3. The Morgan fingerprint density at radius 1 is 1.32 bits per heavy atom. The first-order chi connectivity index (χ1) is 10.5. The third-order valence-corrected chi connectivity index (χ3v) is 4.16. The maximum Gasteiger partial charge on any atom is 0.322 e. The summed E-state index contributed by atoms with van der Waals surface area (Å²) in [4.78, 5) is 19.7. The maximum atomic E-state index is 11.3. The second-order valence-electron chi connectivity index (χ2n) is 5.72. The van der Waals surface area contributed by atoms with Gasteiger partial charge in [0, 0.05) is 31.6 Å². The highest BCUT2D eigenvalue weighted by Crippen LogP contribution is 2.23. The Labute approximate surface area is 128 Å². The minimum absolute atomic E-state index is 0.168. The van der Waals surface area contributed by atoms with E-state index in [-0.39, 0.29) is 5.75 Å². The summed E-state index contributed by atoms with van der Waals surface area (Å²) < 4.78 is 0. The zero-order chi connectivity index (χ0) is 15.7. The number of likely N-dealkylation sites (N-methyl/N-ethyl adjacent to an activating group) is 1. The van der Waals surface area contributed by atoms with Crippen LogP contribution in [-0.2, 0) is 11.3 Å². The van der Waals surface area contributed by atoms with Crippen molar-refractivity contribution in [3.63, 3.8) is 0 Å². The molecule has 116 valence electrons. The van der Waals surface area contributed by atoms with Crippen molar-refractivity contribution < 1.29 is 15.0 Å². The van der Waals surface area contributed by atoms with E-state index >= 15 is 0 Å². The van der Waals surface area contributed by atoms with Gasteiger partial charge in [0.25, 0.3) is 0 Å². The van der Waals surface area contributed by atoms with Crippen molar-refractivity contribution in [2.45, 2.75) is 12.6 Å². The van der Waals surface area contributed by atoms with Crippen LogP contribution in [-0.4, -0.2) is 63.7 Å². The van der Waals surface area contributed by atoms with Gasteiger partial charge < -0.3 is 10.2 Å². The number of phenolic OH excluding ortho intramolecular Hbond substituents is 1. The van der Waals surface area contributed by atoms with Crippen LogP contribution in [0.5, 0.6) is 5.75 Å². The van der Waals surface area contributed by atoms with Crippen molar-refractivity contribution in [1.82, 2.24) is 14.8 Å². The van der Waals surface area contributed by atoms with Crippen molar-refractivity contribution in [1.29, 1.82) is 0 Å². The van der Waals surface area contributed by atoms with E-state index in [9.17, 15) is 15.0 Å².